The van der Waals surface area contributed by atoms with Gasteiger partial charge in [-0.15, -0.1) is 0 Å². The van der Waals surface area contributed by atoms with Gasteiger partial charge in [0.15, 0.2) is 5.69 Å². The number of hydrogen-bond acceptors (Lipinski definition) is 4. The molecule has 1 aliphatic heterocycles. The Bertz CT molecular complexity index is 781. The van der Waals surface area contributed by atoms with Crippen LogP contribution in [0.1, 0.15) is 46.7 Å². The Hall–Kier alpha value is -2.21. The fourth-order valence-electron chi connectivity index (χ4n) is 3.98. The number of nitrogens with zero attached hydrogens (tertiary/aromatic N) is 5. The molecule has 0 N–H and O–H groups in total. The lowest BCUT2D eigenvalue weighted by Crippen LogP contribution is -2.37. The van der Waals surface area contributed by atoms with E-state index in [2.05, 4.69) is 15.0 Å². The van der Waals surface area contributed by atoms with Crippen molar-refractivity contribution in [1.29, 1.82) is 0 Å². The van der Waals surface area contributed by atoms with Gasteiger partial charge in [0, 0.05) is 45.5 Å². The van der Waals surface area contributed by atoms with Gasteiger partial charge < -0.3 is 4.90 Å². The van der Waals surface area contributed by atoms with Crippen LogP contribution < -0.4 is 0 Å². The molecule has 0 bridgehead atoms. The molecule has 3 heterocycles. The minimum atomic E-state index is -0.0139. The van der Waals surface area contributed by atoms with Crippen molar-refractivity contribution in [2.24, 2.45) is 13.0 Å². The van der Waals surface area contributed by atoms with Gasteiger partial charge in [-0.2, -0.15) is 5.10 Å². The lowest BCUT2D eigenvalue weighted by molar-refractivity contribution is 0.0775. The third kappa shape index (κ3) is 3.38. The van der Waals surface area contributed by atoms with E-state index in [-0.39, 0.29) is 5.91 Å². The van der Waals surface area contributed by atoms with E-state index in [0.29, 0.717) is 12.2 Å². The van der Waals surface area contributed by atoms with Crippen molar-refractivity contribution >= 4 is 5.91 Å². The van der Waals surface area contributed by atoms with Crippen LogP contribution in [0.2, 0.25) is 0 Å². The van der Waals surface area contributed by atoms with E-state index in [0.717, 1.165) is 36.7 Å². The topological polar surface area (TPSA) is 54.3 Å². The summed E-state index contributed by atoms with van der Waals surface area (Å²) in [7, 11) is 3.78. The van der Waals surface area contributed by atoms with Crippen LogP contribution in [0.5, 0.6) is 0 Å². The molecular formula is C20H27N5O. The van der Waals surface area contributed by atoms with Crippen molar-refractivity contribution in [1.82, 2.24) is 24.6 Å². The molecule has 0 spiro atoms. The van der Waals surface area contributed by atoms with E-state index in [9.17, 15) is 4.79 Å². The smallest absolute Gasteiger partial charge is 0.274 e. The van der Waals surface area contributed by atoms with E-state index in [4.69, 9.17) is 0 Å². The molecule has 2 aliphatic rings. The van der Waals surface area contributed by atoms with Crippen LogP contribution in [0.4, 0.5) is 0 Å². The molecule has 0 radical (unpaired) electrons. The van der Waals surface area contributed by atoms with Gasteiger partial charge in [0.1, 0.15) is 0 Å². The monoisotopic (exact) mass is 353 g/mol. The van der Waals surface area contributed by atoms with Gasteiger partial charge in [-0.25, -0.2) is 0 Å². The van der Waals surface area contributed by atoms with Gasteiger partial charge in [-0.05, 0) is 37.3 Å². The van der Waals surface area contributed by atoms with E-state index >= 15 is 0 Å². The second-order valence-electron chi connectivity index (χ2n) is 7.66. The van der Waals surface area contributed by atoms with E-state index in [1.54, 1.807) is 11.1 Å². The highest BCUT2D eigenvalue weighted by molar-refractivity contribution is 5.93. The molecule has 2 aromatic rings. The molecule has 1 fully saturated rings. The first-order valence-corrected chi connectivity index (χ1v) is 9.54. The molecule has 0 atom stereocenters. The van der Waals surface area contributed by atoms with Crippen molar-refractivity contribution < 1.29 is 4.79 Å². The third-order valence-corrected chi connectivity index (χ3v) is 5.74. The summed E-state index contributed by atoms with van der Waals surface area (Å²) in [5.41, 5.74) is 3.84. The Morgan fingerprint density at radius 1 is 1.35 bits per heavy atom. The van der Waals surface area contributed by atoms with Gasteiger partial charge >= 0.3 is 0 Å². The zero-order chi connectivity index (χ0) is 18.1. The lowest BCUT2D eigenvalue weighted by Gasteiger charge is -2.34. The van der Waals surface area contributed by atoms with Crippen LogP contribution in [0, 0.1) is 5.92 Å². The predicted octanol–water partition coefficient (Wildman–Crippen LogP) is 2.25. The largest absolute Gasteiger partial charge is 0.334 e. The lowest BCUT2D eigenvalue weighted by atomic mass is 9.84. The Labute approximate surface area is 154 Å². The molecule has 6 heteroatoms. The van der Waals surface area contributed by atoms with Crippen molar-refractivity contribution in [3.05, 3.63) is 47.0 Å². The highest BCUT2D eigenvalue weighted by Gasteiger charge is 2.30. The molecule has 2 aromatic heterocycles. The molecule has 4 rings (SSSR count). The summed E-state index contributed by atoms with van der Waals surface area (Å²) in [6.45, 7) is 3.62. The highest BCUT2D eigenvalue weighted by Crippen LogP contribution is 2.30. The number of pyridine rings is 1. The summed E-state index contributed by atoms with van der Waals surface area (Å²) in [5.74, 6) is 0.857. The first kappa shape index (κ1) is 17.2. The number of fused-ring (bicyclic) bond motifs is 1. The average molecular weight is 353 g/mol. The number of aryl methyl sites for hydroxylation is 1. The summed E-state index contributed by atoms with van der Waals surface area (Å²) in [6.07, 6.45) is 6.80. The molecule has 0 unspecified atom stereocenters. The average Bonchev–Trinajstić information content (AvgIpc) is 2.95. The number of rotatable bonds is 5. The number of hydrogen-bond donors (Lipinski definition) is 0. The van der Waals surface area contributed by atoms with Crippen molar-refractivity contribution in [2.45, 2.75) is 38.8 Å². The SMILES string of the molecule is CN(Cc1ccccn1)C(=O)c1nn(C)c2c1CCN(CC1CCC1)C2. The molecule has 26 heavy (non-hydrogen) atoms. The van der Waals surface area contributed by atoms with E-state index in [1.807, 2.05) is 37.0 Å². The Balaban J connectivity index is 1.47. The minimum Gasteiger partial charge on any atom is -0.334 e. The van der Waals surface area contributed by atoms with Crippen molar-refractivity contribution in [3.63, 3.8) is 0 Å². The number of carbonyl (C=O) groups is 1. The van der Waals surface area contributed by atoms with Crippen molar-refractivity contribution in [3.8, 4) is 0 Å². The molecule has 0 saturated heterocycles. The molecule has 138 valence electrons. The normalized spacial score (nSPS) is 17.6. The summed E-state index contributed by atoms with van der Waals surface area (Å²) < 4.78 is 1.91. The predicted molar refractivity (Wildman–Crippen MR) is 99.6 cm³/mol. The molecule has 1 amide bonds. The van der Waals surface area contributed by atoms with Gasteiger partial charge in [-0.3, -0.25) is 19.4 Å². The number of amides is 1. The van der Waals surface area contributed by atoms with Gasteiger partial charge in [0.25, 0.3) is 5.91 Å². The third-order valence-electron chi connectivity index (χ3n) is 5.74. The second-order valence-corrected chi connectivity index (χ2v) is 7.66. The molecule has 6 nitrogen and oxygen atoms in total. The van der Waals surface area contributed by atoms with Crippen LogP contribution in [0.25, 0.3) is 0 Å². The van der Waals surface area contributed by atoms with Crippen LogP contribution >= 0.6 is 0 Å². The van der Waals surface area contributed by atoms with Crippen LogP contribution in [-0.4, -0.2) is 50.6 Å². The zero-order valence-corrected chi connectivity index (χ0v) is 15.7. The first-order valence-electron chi connectivity index (χ1n) is 9.54. The number of aromatic nitrogens is 3. The van der Waals surface area contributed by atoms with E-state index in [1.165, 1.54) is 31.5 Å². The molecule has 1 saturated carbocycles. The molecule has 0 aromatic carbocycles. The minimum absolute atomic E-state index is 0.0139. The highest BCUT2D eigenvalue weighted by atomic mass is 16.2. The maximum absolute atomic E-state index is 13.0. The Kier molecular flexibility index (Phi) is 4.76. The molecular weight excluding hydrogens is 326 g/mol. The standard InChI is InChI=1S/C20H27N5O/c1-23(13-16-8-3-4-10-21-16)20(26)19-17-9-11-25(12-15-6-5-7-15)14-18(17)24(2)22-19/h3-4,8,10,15H,5-7,9,11-14H2,1-2H3. The maximum Gasteiger partial charge on any atom is 0.274 e. The van der Waals surface area contributed by atoms with Crippen LogP contribution in [0.3, 0.4) is 0 Å². The van der Waals surface area contributed by atoms with Gasteiger partial charge in [0.05, 0.1) is 17.9 Å². The van der Waals surface area contributed by atoms with Gasteiger partial charge in [0.2, 0.25) is 0 Å². The first-order chi connectivity index (χ1) is 12.6. The number of carbonyl (C=O) groups excluding carboxylic acids is 1. The maximum atomic E-state index is 13.0. The fourth-order valence-corrected chi connectivity index (χ4v) is 3.98. The quantitative estimate of drug-likeness (QED) is 0.827. The van der Waals surface area contributed by atoms with Crippen molar-refractivity contribution in [2.75, 3.05) is 20.1 Å². The summed E-state index contributed by atoms with van der Waals surface area (Å²) in [6, 6.07) is 5.77. The van der Waals surface area contributed by atoms with Crippen LogP contribution in [-0.2, 0) is 26.6 Å². The van der Waals surface area contributed by atoms with Crippen LogP contribution in [0.15, 0.2) is 24.4 Å². The summed E-state index contributed by atoms with van der Waals surface area (Å²) >= 11 is 0. The second kappa shape index (κ2) is 7.19. The Morgan fingerprint density at radius 3 is 2.88 bits per heavy atom. The fraction of sp³-hybridized carbons (Fsp3) is 0.550. The summed E-state index contributed by atoms with van der Waals surface area (Å²) in [4.78, 5) is 21.5. The summed E-state index contributed by atoms with van der Waals surface area (Å²) in [5, 5.41) is 4.58. The molecule has 1 aliphatic carbocycles. The van der Waals surface area contributed by atoms with E-state index < -0.39 is 0 Å². The van der Waals surface area contributed by atoms with Gasteiger partial charge in [-0.1, -0.05) is 12.5 Å². The Morgan fingerprint density at radius 2 is 2.19 bits per heavy atom. The zero-order valence-electron chi connectivity index (χ0n) is 15.7.